The minimum atomic E-state index is -0.687. The molecule has 1 aromatic rings. The van der Waals surface area contributed by atoms with Crippen LogP contribution in [0.15, 0.2) is 30.3 Å². The van der Waals surface area contributed by atoms with Gasteiger partial charge >= 0.3 is 30.2 Å². The van der Waals surface area contributed by atoms with Crippen LogP contribution in [0.25, 0.3) is 0 Å². The molecule has 5 atom stereocenters. The molecule has 20 heteroatoms. The van der Waals surface area contributed by atoms with Crippen LogP contribution in [-0.4, -0.2) is 119 Å². The van der Waals surface area contributed by atoms with Gasteiger partial charge < -0.3 is 76.1 Å². The summed E-state index contributed by atoms with van der Waals surface area (Å²) in [4.78, 5) is 75.2. The lowest BCUT2D eigenvalue weighted by Crippen LogP contribution is -2.55. The van der Waals surface area contributed by atoms with E-state index in [-0.39, 0.29) is 56.6 Å². The average molecular weight is 849 g/mol. The molecule has 1 aromatic carbocycles. The minimum absolute atomic E-state index is 0.127. The number of benzene rings is 1. The van der Waals surface area contributed by atoms with Gasteiger partial charge in [-0.15, -0.1) is 0 Å². The smallest absolute Gasteiger partial charge is 0.315 e. The SMILES string of the molecule is CC(=O)N[C@H](CNC(=O)N[C@@H](CCCCN)CNC(=O)N[C@@H](CCCCN)CNC(=O)N[C@H](CNC(=O)N[C@@H](CCCCN)CNC(N)=O)CC(C)C)Cc1ccccc1. The van der Waals surface area contributed by atoms with Crippen molar-refractivity contribution in [2.75, 3.05) is 52.4 Å². The number of hydrogen-bond donors (Lipinski definition) is 14. The van der Waals surface area contributed by atoms with E-state index in [0.717, 1.165) is 44.1 Å². The first-order chi connectivity index (χ1) is 28.7. The molecule has 11 amide bonds. The normalized spacial score (nSPS) is 13.4. The first kappa shape index (κ1) is 52.9. The second-order valence-electron chi connectivity index (χ2n) is 15.5. The Hall–Kier alpha value is -5.08. The fourth-order valence-corrected chi connectivity index (χ4v) is 6.44. The largest absolute Gasteiger partial charge is 0.352 e. The summed E-state index contributed by atoms with van der Waals surface area (Å²) in [7, 11) is 0. The molecular weight excluding hydrogens is 773 g/mol. The molecular formula is C40H76N14O6. The standard InChI is InChI=1S/C40H76N14O6/c1-28(2)21-34(26-48-38(58)51-31(15-7-10-18-41)23-45-36(44)56)54-40(60)47-25-33(17-9-12-20-43)52-37(57)46-24-32(16-8-11-19-42)53-39(59)49-27-35(50-29(3)55)22-30-13-5-4-6-14-30/h4-6,13-14,28,31-35H,7-12,15-27,41-43H2,1-3H3,(H,50,55)(H3,44,45,56)(H2,46,52,57)(H2,47,54,60)(H2,48,51,58)(H2,49,53,59)/t31-,32-,33-,34-,35-/m0/s1. The second-order valence-corrected chi connectivity index (χ2v) is 15.5. The molecule has 0 fully saturated rings. The number of rotatable bonds is 31. The summed E-state index contributed by atoms with van der Waals surface area (Å²) in [5.41, 5.74) is 23.3. The number of urea groups is 5. The van der Waals surface area contributed by atoms with Crippen molar-refractivity contribution in [3.63, 3.8) is 0 Å². The van der Waals surface area contributed by atoms with E-state index in [1.807, 2.05) is 44.2 Å². The molecule has 0 spiro atoms. The fourth-order valence-electron chi connectivity index (χ4n) is 6.44. The van der Waals surface area contributed by atoms with E-state index >= 15 is 0 Å². The van der Waals surface area contributed by atoms with E-state index in [4.69, 9.17) is 22.9 Å². The summed E-state index contributed by atoms with van der Waals surface area (Å²) >= 11 is 0. The van der Waals surface area contributed by atoms with Crippen molar-refractivity contribution in [2.24, 2.45) is 28.9 Å². The van der Waals surface area contributed by atoms with Crippen LogP contribution in [0.4, 0.5) is 24.0 Å². The molecule has 1 rings (SSSR count). The van der Waals surface area contributed by atoms with E-state index in [2.05, 4.69) is 53.2 Å². The van der Waals surface area contributed by atoms with Gasteiger partial charge in [0.25, 0.3) is 0 Å². The zero-order valence-electron chi connectivity index (χ0n) is 36.0. The molecule has 0 aliphatic heterocycles. The molecule has 0 saturated heterocycles. The summed E-state index contributed by atoms with van der Waals surface area (Å²) in [6, 6.07) is 5.26. The Morgan fingerprint density at radius 1 is 0.500 bits per heavy atom. The molecule has 0 heterocycles. The number of nitrogens with two attached hydrogens (primary N) is 4. The van der Waals surface area contributed by atoms with Gasteiger partial charge in [0.05, 0.1) is 6.04 Å². The third-order valence-corrected chi connectivity index (χ3v) is 9.41. The Bertz CT molecular complexity index is 1380. The second kappa shape index (κ2) is 32.7. The van der Waals surface area contributed by atoms with Crippen LogP contribution in [0, 0.1) is 5.92 Å². The van der Waals surface area contributed by atoms with Gasteiger partial charge in [-0.1, -0.05) is 63.4 Å². The Labute approximate surface area is 356 Å². The Kier molecular flexibility index (Phi) is 28.9. The lowest BCUT2D eigenvalue weighted by Gasteiger charge is -2.25. The van der Waals surface area contributed by atoms with Gasteiger partial charge in [-0.05, 0) is 82.5 Å². The van der Waals surface area contributed by atoms with Gasteiger partial charge in [0.2, 0.25) is 5.91 Å². The summed E-state index contributed by atoms with van der Waals surface area (Å²) in [6.45, 7) is 7.73. The highest BCUT2D eigenvalue weighted by molar-refractivity contribution is 5.77. The number of nitrogens with one attached hydrogen (secondary N) is 10. The molecule has 0 aromatic heterocycles. The van der Waals surface area contributed by atoms with Gasteiger partial charge in [0.15, 0.2) is 0 Å². The first-order valence-corrected chi connectivity index (χ1v) is 21.4. The third-order valence-electron chi connectivity index (χ3n) is 9.41. The summed E-state index contributed by atoms with van der Waals surface area (Å²) in [5, 5.41) is 28.4. The number of unbranched alkanes of at least 4 members (excludes halogenated alkanes) is 3. The maximum atomic E-state index is 13.2. The van der Waals surface area contributed by atoms with Crippen LogP contribution in [0.5, 0.6) is 0 Å². The molecule has 342 valence electrons. The highest BCUT2D eigenvalue weighted by Crippen LogP contribution is 2.07. The van der Waals surface area contributed by atoms with Gasteiger partial charge in [0, 0.05) is 63.8 Å². The molecule has 0 aliphatic rings. The summed E-state index contributed by atoms with van der Waals surface area (Å²) in [5.74, 6) is 0.00532. The first-order valence-electron chi connectivity index (χ1n) is 21.4. The number of carbonyl (C=O) groups is 6. The molecule has 0 saturated carbocycles. The maximum absolute atomic E-state index is 13.2. The predicted molar refractivity (Wildman–Crippen MR) is 235 cm³/mol. The zero-order valence-corrected chi connectivity index (χ0v) is 36.0. The van der Waals surface area contributed by atoms with E-state index < -0.39 is 48.3 Å². The Morgan fingerprint density at radius 2 is 0.867 bits per heavy atom. The van der Waals surface area contributed by atoms with Crippen LogP contribution in [0.2, 0.25) is 0 Å². The Balaban J connectivity index is 2.79. The molecule has 20 nitrogen and oxygen atoms in total. The molecule has 0 aliphatic carbocycles. The van der Waals surface area contributed by atoms with Gasteiger partial charge in [-0.3, -0.25) is 4.79 Å². The molecule has 60 heavy (non-hydrogen) atoms. The highest BCUT2D eigenvalue weighted by atomic mass is 16.2. The van der Waals surface area contributed by atoms with Crippen LogP contribution in [-0.2, 0) is 11.2 Å². The van der Waals surface area contributed by atoms with Crippen molar-refractivity contribution >= 4 is 36.1 Å². The summed E-state index contributed by atoms with van der Waals surface area (Å²) in [6.07, 6.45) is 7.31. The van der Waals surface area contributed by atoms with E-state index in [0.29, 0.717) is 51.7 Å². The van der Waals surface area contributed by atoms with Gasteiger partial charge in [-0.2, -0.15) is 0 Å². The minimum Gasteiger partial charge on any atom is -0.352 e. The zero-order chi connectivity index (χ0) is 44.5. The van der Waals surface area contributed by atoms with Crippen molar-refractivity contribution in [1.82, 2.24) is 53.2 Å². The molecule has 0 bridgehead atoms. The van der Waals surface area contributed by atoms with Crippen LogP contribution in [0.3, 0.4) is 0 Å². The average Bonchev–Trinajstić information content (AvgIpc) is 3.19. The van der Waals surface area contributed by atoms with Crippen molar-refractivity contribution in [1.29, 1.82) is 0 Å². The van der Waals surface area contributed by atoms with E-state index in [1.54, 1.807) is 0 Å². The topological polar surface area (TPSA) is 327 Å². The van der Waals surface area contributed by atoms with Gasteiger partial charge in [-0.25, -0.2) is 24.0 Å². The number of hydrogen-bond acceptors (Lipinski definition) is 9. The molecule has 0 unspecified atom stereocenters. The van der Waals surface area contributed by atoms with Crippen molar-refractivity contribution in [2.45, 2.75) is 122 Å². The van der Waals surface area contributed by atoms with Crippen molar-refractivity contribution in [3.8, 4) is 0 Å². The van der Waals surface area contributed by atoms with Crippen molar-refractivity contribution in [3.05, 3.63) is 35.9 Å². The quantitative estimate of drug-likeness (QED) is 0.0462. The van der Waals surface area contributed by atoms with Crippen LogP contribution >= 0.6 is 0 Å². The molecule has 0 radical (unpaired) electrons. The van der Waals surface area contributed by atoms with Crippen molar-refractivity contribution < 1.29 is 28.8 Å². The third kappa shape index (κ3) is 28.4. The predicted octanol–water partition coefficient (Wildman–Crippen LogP) is 0.506. The number of amides is 11. The van der Waals surface area contributed by atoms with E-state index in [1.165, 1.54) is 6.92 Å². The Morgan fingerprint density at radius 3 is 1.23 bits per heavy atom. The van der Waals surface area contributed by atoms with E-state index in [9.17, 15) is 28.8 Å². The molecule has 18 N–H and O–H groups in total. The highest BCUT2D eigenvalue weighted by Gasteiger charge is 2.21. The monoisotopic (exact) mass is 849 g/mol. The van der Waals surface area contributed by atoms with Crippen LogP contribution < -0.4 is 76.1 Å². The number of primary amides is 1. The maximum Gasteiger partial charge on any atom is 0.315 e. The fraction of sp³-hybridized carbons (Fsp3) is 0.700. The number of carbonyl (C=O) groups excluding carboxylic acids is 6. The van der Waals surface area contributed by atoms with Gasteiger partial charge in [0.1, 0.15) is 0 Å². The lowest BCUT2D eigenvalue weighted by molar-refractivity contribution is -0.119. The lowest BCUT2D eigenvalue weighted by atomic mass is 10.0. The van der Waals surface area contributed by atoms with Crippen LogP contribution in [0.1, 0.15) is 90.5 Å². The summed E-state index contributed by atoms with van der Waals surface area (Å²) < 4.78 is 0.